The van der Waals surface area contributed by atoms with Crippen LogP contribution >= 0.6 is 11.6 Å². The van der Waals surface area contributed by atoms with E-state index in [9.17, 15) is 4.79 Å². The van der Waals surface area contributed by atoms with Crippen LogP contribution in [0, 0.1) is 6.92 Å². The number of carbonyl (C=O) groups excluding carboxylic acids is 1. The number of halogens is 1. The second-order valence-corrected chi connectivity index (χ2v) is 4.71. The fraction of sp³-hybridized carbons (Fsp3) is 0.133. The normalized spacial score (nSPS) is 10.2. The molecule has 2 rings (SSSR count). The Morgan fingerprint density at radius 1 is 1.21 bits per heavy atom. The van der Waals surface area contributed by atoms with Gasteiger partial charge in [-0.2, -0.15) is 0 Å². The van der Waals surface area contributed by atoms with Gasteiger partial charge < -0.3 is 11.1 Å². The molecular weight excluding hydrogens is 260 g/mol. The van der Waals surface area contributed by atoms with E-state index in [1.54, 1.807) is 12.1 Å². The molecule has 0 radical (unpaired) electrons. The van der Waals surface area contributed by atoms with E-state index in [4.69, 9.17) is 17.3 Å². The number of nitrogens with one attached hydrogen (secondary N) is 1. The Morgan fingerprint density at radius 3 is 2.63 bits per heavy atom. The fourth-order valence-electron chi connectivity index (χ4n) is 1.95. The molecule has 0 spiro atoms. The van der Waals surface area contributed by atoms with Gasteiger partial charge in [0.1, 0.15) is 0 Å². The predicted octanol–water partition coefficient (Wildman–Crippen LogP) is 3.36. The van der Waals surface area contributed by atoms with Crippen LogP contribution in [0.4, 0.5) is 5.69 Å². The first-order chi connectivity index (χ1) is 9.09. The Balaban J connectivity index is 2.22. The lowest BCUT2D eigenvalue weighted by Gasteiger charge is -2.13. The van der Waals surface area contributed by atoms with Gasteiger partial charge in [-0.1, -0.05) is 41.9 Å². The summed E-state index contributed by atoms with van der Waals surface area (Å²) in [6.45, 7) is 2.48. The van der Waals surface area contributed by atoms with E-state index < -0.39 is 5.91 Å². The van der Waals surface area contributed by atoms with Gasteiger partial charge in [0, 0.05) is 12.1 Å². The number of hydrogen-bond donors (Lipinski definition) is 2. The first-order valence-corrected chi connectivity index (χ1v) is 6.34. The van der Waals surface area contributed by atoms with E-state index >= 15 is 0 Å². The summed E-state index contributed by atoms with van der Waals surface area (Å²) in [4.78, 5) is 11.3. The third-order valence-electron chi connectivity index (χ3n) is 2.96. The van der Waals surface area contributed by atoms with Crippen LogP contribution in [0.15, 0.2) is 42.5 Å². The topological polar surface area (TPSA) is 55.1 Å². The van der Waals surface area contributed by atoms with Crippen LogP contribution in [0.2, 0.25) is 5.02 Å². The SMILES string of the molecule is Cc1cccc(Cl)c1NCc1ccccc1C(N)=O. The van der Waals surface area contributed by atoms with E-state index in [0.717, 1.165) is 16.8 Å². The van der Waals surface area contributed by atoms with Crippen LogP contribution < -0.4 is 11.1 Å². The highest BCUT2D eigenvalue weighted by Crippen LogP contribution is 2.26. The molecule has 0 saturated heterocycles. The molecule has 4 heteroatoms. The van der Waals surface area contributed by atoms with Gasteiger partial charge in [0.25, 0.3) is 0 Å². The largest absolute Gasteiger partial charge is 0.380 e. The maximum absolute atomic E-state index is 11.3. The molecular formula is C15H15ClN2O. The Bertz CT molecular complexity index is 591. The van der Waals surface area contributed by atoms with Crippen molar-refractivity contribution in [2.75, 3.05) is 5.32 Å². The lowest BCUT2D eigenvalue weighted by Crippen LogP contribution is -2.15. The van der Waals surface area contributed by atoms with Gasteiger partial charge in [-0.05, 0) is 30.2 Å². The van der Waals surface area contributed by atoms with Crippen molar-refractivity contribution in [2.24, 2.45) is 5.73 Å². The third kappa shape index (κ3) is 3.06. The first kappa shape index (κ1) is 13.4. The number of aryl methyl sites for hydroxylation is 1. The first-order valence-electron chi connectivity index (χ1n) is 5.96. The smallest absolute Gasteiger partial charge is 0.249 e. The second-order valence-electron chi connectivity index (χ2n) is 4.31. The minimum atomic E-state index is -0.423. The van der Waals surface area contributed by atoms with Gasteiger partial charge in [0.05, 0.1) is 10.7 Å². The van der Waals surface area contributed by atoms with E-state index in [1.807, 2.05) is 37.3 Å². The van der Waals surface area contributed by atoms with Crippen molar-refractivity contribution in [3.05, 3.63) is 64.2 Å². The zero-order valence-corrected chi connectivity index (χ0v) is 11.4. The van der Waals surface area contributed by atoms with Gasteiger partial charge in [0.2, 0.25) is 5.91 Å². The highest BCUT2D eigenvalue weighted by Gasteiger charge is 2.08. The fourth-order valence-corrected chi connectivity index (χ4v) is 2.24. The van der Waals surface area contributed by atoms with E-state index in [1.165, 1.54) is 0 Å². The van der Waals surface area contributed by atoms with Crippen molar-refractivity contribution in [3.63, 3.8) is 0 Å². The minimum absolute atomic E-state index is 0.423. The van der Waals surface area contributed by atoms with E-state index in [0.29, 0.717) is 17.1 Å². The van der Waals surface area contributed by atoms with Crippen molar-refractivity contribution in [2.45, 2.75) is 13.5 Å². The molecule has 0 saturated carbocycles. The monoisotopic (exact) mass is 274 g/mol. The number of rotatable bonds is 4. The molecule has 1 amide bonds. The molecule has 0 heterocycles. The molecule has 19 heavy (non-hydrogen) atoms. The van der Waals surface area contributed by atoms with Crippen molar-refractivity contribution >= 4 is 23.2 Å². The van der Waals surface area contributed by atoms with Gasteiger partial charge in [-0.3, -0.25) is 4.79 Å². The summed E-state index contributed by atoms with van der Waals surface area (Å²) in [5.41, 5.74) is 8.67. The number of nitrogens with two attached hydrogens (primary N) is 1. The lowest BCUT2D eigenvalue weighted by atomic mass is 10.1. The molecule has 0 atom stereocenters. The zero-order valence-electron chi connectivity index (χ0n) is 10.6. The molecule has 0 aliphatic carbocycles. The standard InChI is InChI=1S/C15H15ClN2O/c1-10-5-4-8-13(16)14(10)18-9-11-6-2-3-7-12(11)15(17)19/h2-8,18H,9H2,1H3,(H2,17,19). The molecule has 2 aromatic carbocycles. The van der Waals surface area contributed by atoms with Crippen LogP contribution in [0.3, 0.4) is 0 Å². The molecule has 3 nitrogen and oxygen atoms in total. The summed E-state index contributed by atoms with van der Waals surface area (Å²) >= 11 is 6.14. The van der Waals surface area contributed by atoms with Crippen molar-refractivity contribution in [1.82, 2.24) is 0 Å². The molecule has 0 aromatic heterocycles. The Morgan fingerprint density at radius 2 is 1.95 bits per heavy atom. The number of benzene rings is 2. The molecule has 0 fully saturated rings. The van der Waals surface area contributed by atoms with Gasteiger partial charge in [-0.15, -0.1) is 0 Å². The second kappa shape index (κ2) is 5.76. The number of hydrogen-bond acceptors (Lipinski definition) is 2. The summed E-state index contributed by atoms with van der Waals surface area (Å²) in [7, 11) is 0. The average molecular weight is 275 g/mol. The summed E-state index contributed by atoms with van der Waals surface area (Å²) in [5.74, 6) is -0.423. The number of para-hydroxylation sites is 1. The molecule has 3 N–H and O–H groups in total. The maximum Gasteiger partial charge on any atom is 0.249 e. The number of anilines is 1. The summed E-state index contributed by atoms with van der Waals surface area (Å²) in [5, 5.41) is 3.92. The van der Waals surface area contributed by atoms with Crippen LogP contribution in [0.5, 0.6) is 0 Å². The Labute approximate surface area is 117 Å². The van der Waals surface area contributed by atoms with Crippen LogP contribution in [0.1, 0.15) is 21.5 Å². The zero-order chi connectivity index (χ0) is 13.8. The summed E-state index contributed by atoms with van der Waals surface area (Å²) in [6.07, 6.45) is 0. The highest BCUT2D eigenvalue weighted by molar-refractivity contribution is 6.33. The van der Waals surface area contributed by atoms with E-state index in [2.05, 4.69) is 5.32 Å². The van der Waals surface area contributed by atoms with Crippen LogP contribution in [-0.2, 0) is 6.54 Å². The van der Waals surface area contributed by atoms with Gasteiger partial charge >= 0.3 is 0 Å². The molecule has 0 aliphatic heterocycles. The van der Waals surface area contributed by atoms with Crippen molar-refractivity contribution in [3.8, 4) is 0 Å². The summed E-state index contributed by atoms with van der Waals surface area (Å²) in [6, 6.07) is 13.0. The van der Waals surface area contributed by atoms with Crippen molar-refractivity contribution in [1.29, 1.82) is 0 Å². The van der Waals surface area contributed by atoms with Crippen molar-refractivity contribution < 1.29 is 4.79 Å². The maximum atomic E-state index is 11.3. The molecule has 98 valence electrons. The Kier molecular flexibility index (Phi) is 4.07. The van der Waals surface area contributed by atoms with Crippen LogP contribution in [-0.4, -0.2) is 5.91 Å². The third-order valence-corrected chi connectivity index (χ3v) is 3.28. The quantitative estimate of drug-likeness (QED) is 0.898. The molecule has 2 aromatic rings. The summed E-state index contributed by atoms with van der Waals surface area (Å²) < 4.78 is 0. The van der Waals surface area contributed by atoms with Gasteiger partial charge in [0.15, 0.2) is 0 Å². The average Bonchev–Trinajstić information content (AvgIpc) is 2.38. The number of carbonyl (C=O) groups is 1. The molecule has 0 aliphatic rings. The Hall–Kier alpha value is -2.00. The molecule has 0 unspecified atom stereocenters. The van der Waals surface area contributed by atoms with Crippen LogP contribution in [0.25, 0.3) is 0 Å². The van der Waals surface area contributed by atoms with E-state index in [-0.39, 0.29) is 0 Å². The minimum Gasteiger partial charge on any atom is -0.380 e. The molecule has 0 bridgehead atoms. The predicted molar refractivity (Wildman–Crippen MR) is 78.5 cm³/mol. The highest BCUT2D eigenvalue weighted by atomic mass is 35.5. The number of primary amides is 1. The van der Waals surface area contributed by atoms with Gasteiger partial charge in [-0.25, -0.2) is 0 Å². The lowest BCUT2D eigenvalue weighted by molar-refractivity contribution is 0.0999. The number of amides is 1.